The second-order valence-electron chi connectivity index (χ2n) is 6.36. The Morgan fingerprint density at radius 1 is 1.05 bits per heavy atom. The van der Waals surface area contributed by atoms with Crippen LogP contribution in [0.1, 0.15) is 51.4 Å². The molecule has 0 saturated heterocycles. The monoisotopic (exact) mass is 369 g/mol. The molecule has 0 aliphatic heterocycles. The fourth-order valence-electron chi connectivity index (χ4n) is 3.75. The van der Waals surface area contributed by atoms with Gasteiger partial charge in [-0.05, 0) is 25.7 Å². The molecule has 0 radical (unpaired) electrons. The summed E-state index contributed by atoms with van der Waals surface area (Å²) < 4.78 is 39.5. The quantitative estimate of drug-likeness (QED) is 0.655. The number of hydrogen-bond acceptors (Lipinski definition) is 1. The molecule has 2 aliphatic carbocycles. The maximum atomic E-state index is 13.2. The van der Waals surface area contributed by atoms with E-state index < -0.39 is 18.0 Å². The molecule has 4 atom stereocenters. The molecule has 2 nitrogen and oxygen atoms in total. The van der Waals surface area contributed by atoms with Gasteiger partial charge in [0.05, 0.1) is 5.92 Å². The van der Waals surface area contributed by atoms with Crippen molar-refractivity contribution in [1.29, 1.82) is 0 Å². The van der Waals surface area contributed by atoms with E-state index in [1.165, 1.54) is 0 Å². The minimum absolute atomic E-state index is 0.0297. The fraction of sp³-hybridized carbons (Fsp3) is 0.933. The molecule has 0 aromatic rings. The van der Waals surface area contributed by atoms with Gasteiger partial charge < -0.3 is 4.90 Å². The molecule has 0 N–H and O–H groups in total. The molecule has 21 heavy (non-hydrogen) atoms. The van der Waals surface area contributed by atoms with Crippen LogP contribution in [0.3, 0.4) is 0 Å². The Labute approximate surface area is 132 Å². The van der Waals surface area contributed by atoms with Crippen molar-refractivity contribution in [3.8, 4) is 0 Å². The van der Waals surface area contributed by atoms with Gasteiger partial charge in [-0.2, -0.15) is 13.2 Å². The minimum atomic E-state index is -4.26. The number of carbonyl (C=O) groups is 1. The van der Waals surface area contributed by atoms with E-state index in [1.807, 2.05) is 0 Å². The molecule has 1 amide bonds. The highest BCUT2D eigenvalue weighted by Crippen LogP contribution is 2.42. The lowest BCUT2D eigenvalue weighted by Gasteiger charge is -2.40. The van der Waals surface area contributed by atoms with Crippen LogP contribution in [0.5, 0.6) is 0 Å². The Balaban J connectivity index is 2.09. The van der Waals surface area contributed by atoms with Crippen molar-refractivity contribution in [1.82, 2.24) is 4.90 Å². The van der Waals surface area contributed by atoms with E-state index in [4.69, 9.17) is 0 Å². The molecule has 6 heteroatoms. The molecule has 0 aromatic carbocycles. The Kier molecular flexibility index (Phi) is 5.60. The minimum Gasteiger partial charge on any atom is -0.341 e. The molecule has 0 aromatic heterocycles. The normalized spacial score (nSPS) is 34.5. The van der Waals surface area contributed by atoms with E-state index in [9.17, 15) is 18.0 Å². The van der Waals surface area contributed by atoms with Gasteiger partial charge in [-0.15, -0.1) is 0 Å². The van der Waals surface area contributed by atoms with Crippen LogP contribution in [0.2, 0.25) is 0 Å². The Bertz CT molecular complexity index is 374. The van der Waals surface area contributed by atoms with E-state index in [-0.39, 0.29) is 23.2 Å². The zero-order valence-electron chi connectivity index (χ0n) is 12.3. The molecule has 2 rings (SSSR count). The average Bonchev–Trinajstić information content (AvgIpc) is 2.45. The summed E-state index contributed by atoms with van der Waals surface area (Å²) in [7, 11) is 1.68. The van der Waals surface area contributed by atoms with Crippen molar-refractivity contribution in [3.63, 3.8) is 0 Å². The van der Waals surface area contributed by atoms with Crippen molar-refractivity contribution in [2.45, 2.75) is 68.4 Å². The summed E-state index contributed by atoms with van der Waals surface area (Å²) in [4.78, 5) is 14.4. The van der Waals surface area contributed by atoms with Gasteiger partial charge in [-0.25, -0.2) is 0 Å². The third-order valence-corrected chi connectivity index (χ3v) is 6.06. The van der Waals surface area contributed by atoms with Crippen LogP contribution in [0.4, 0.5) is 13.2 Å². The number of rotatable bonds is 2. The number of amides is 1. The van der Waals surface area contributed by atoms with Crippen molar-refractivity contribution >= 4 is 21.8 Å². The van der Waals surface area contributed by atoms with E-state index in [0.29, 0.717) is 12.8 Å². The van der Waals surface area contributed by atoms with Crippen LogP contribution >= 0.6 is 15.9 Å². The van der Waals surface area contributed by atoms with Crippen molar-refractivity contribution in [2.24, 2.45) is 11.8 Å². The van der Waals surface area contributed by atoms with Gasteiger partial charge in [0.25, 0.3) is 0 Å². The first-order chi connectivity index (χ1) is 9.82. The number of nitrogens with zero attached hydrogens (tertiary/aromatic N) is 1. The number of carbonyl (C=O) groups excluding carboxylic acids is 1. The summed E-state index contributed by atoms with van der Waals surface area (Å²) >= 11 is 3.59. The van der Waals surface area contributed by atoms with E-state index in [1.54, 1.807) is 11.9 Å². The molecule has 2 aliphatic rings. The predicted molar refractivity (Wildman–Crippen MR) is 79.2 cm³/mol. The molecule has 4 unspecified atom stereocenters. The van der Waals surface area contributed by atoms with Crippen LogP contribution in [0.25, 0.3) is 0 Å². The lowest BCUT2D eigenvalue weighted by Crippen LogP contribution is -2.50. The van der Waals surface area contributed by atoms with Gasteiger partial charge in [-0.1, -0.05) is 41.6 Å². The third kappa shape index (κ3) is 3.93. The summed E-state index contributed by atoms with van der Waals surface area (Å²) in [5.74, 6) is -2.66. The molecule has 2 fully saturated rings. The molecule has 0 spiro atoms. The second-order valence-corrected chi connectivity index (χ2v) is 7.53. The number of alkyl halides is 4. The first-order valence-electron chi connectivity index (χ1n) is 7.80. The van der Waals surface area contributed by atoms with Gasteiger partial charge >= 0.3 is 6.18 Å². The standard InChI is InChI=1S/C15H23BrF3NO/c1-20(13-9-5-4-8-12(13)16)14(21)10-6-2-3-7-11(10)15(17,18)19/h10-13H,2-9H2,1H3. The van der Waals surface area contributed by atoms with Crippen molar-refractivity contribution < 1.29 is 18.0 Å². The van der Waals surface area contributed by atoms with Crippen LogP contribution in [-0.4, -0.2) is 34.9 Å². The molecular formula is C15H23BrF3NO. The van der Waals surface area contributed by atoms with E-state index in [0.717, 1.165) is 32.1 Å². The van der Waals surface area contributed by atoms with E-state index in [2.05, 4.69) is 15.9 Å². The van der Waals surface area contributed by atoms with Crippen LogP contribution in [0.15, 0.2) is 0 Å². The Morgan fingerprint density at radius 3 is 2.24 bits per heavy atom. The van der Waals surface area contributed by atoms with Gasteiger partial charge in [-0.3, -0.25) is 4.79 Å². The van der Waals surface area contributed by atoms with Crippen LogP contribution in [0, 0.1) is 11.8 Å². The fourth-order valence-corrected chi connectivity index (χ4v) is 4.69. The Hall–Kier alpha value is -0.260. The highest BCUT2D eigenvalue weighted by Gasteiger charge is 2.49. The first-order valence-corrected chi connectivity index (χ1v) is 8.71. The molecule has 2 saturated carbocycles. The largest absolute Gasteiger partial charge is 0.392 e. The molecule has 0 bridgehead atoms. The highest BCUT2D eigenvalue weighted by molar-refractivity contribution is 9.09. The van der Waals surface area contributed by atoms with Gasteiger partial charge in [0.15, 0.2) is 0 Å². The topological polar surface area (TPSA) is 20.3 Å². The Morgan fingerprint density at radius 2 is 1.62 bits per heavy atom. The molecule has 122 valence electrons. The lowest BCUT2D eigenvalue weighted by atomic mass is 9.77. The summed E-state index contributed by atoms with van der Waals surface area (Å²) in [6, 6.07) is 0.0297. The summed E-state index contributed by atoms with van der Waals surface area (Å²) in [5.41, 5.74) is 0. The van der Waals surface area contributed by atoms with Gasteiger partial charge in [0.1, 0.15) is 0 Å². The van der Waals surface area contributed by atoms with E-state index >= 15 is 0 Å². The number of hydrogen-bond donors (Lipinski definition) is 0. The molecular weight excluding hydrogens is 347 g/mol. The SMILES string of the molecule is CN(C(=O)C1CCCCC1C(F)(F)F)C1CCCCC1Br. The first kappa shape index (κ1) is 17.1. The smallest absolute Gasteiger partial charge is 0.341 e. The predicted octanol–water partition coefficient (Wildman–Crippen LogP) is 4.52. The number of halogens is 4. The second kappa shape index (κ2) is 6.88. The zero-order chi connectivity index (χ0) is 15.6. The highest BCUT2D eigenvalue weighted by atomic mass is 79.9. The summed E-state index contributed by atoms with van der Waals surface area (Å²) in [5, 5.41) is 0. The van der Waals surface area contributed by atoms with Crippen molar-refractivity contribution in [2.75, 3.05) is 7.05 Å². The lowest BCUT2D eigenvalue weighted by molar-refractivity contribution is -0.201. The van der Waals surface area contributed by atoms with Gasteiger partial charge in [0.2, 0.25) is 5.91 Å². The summed E-state index contributed by atoms with van der Waals surface area (Å²) in [6.45, 7) is 0. The van der Waals surface area contributed by atoms with Crippen LogP contribution in [-0.2, 0) is 4.79 Å². The van der Waals surface area contributed by atoms with Crippen LogP contribution < -0.4 is 0 Å². The van der Waals surface area contributed by atoms with Crippen molar-refractivity contribution in [3.05, 3.63) is 0 Å². The maximum absolute atomic E-state index is 13.2. The summed E-state index contributed by atoms with van der Waals surface area (Å²) in [6.07, 6.45) is 1.50. The molecule has 0 heterocycles. The van der Waals surface area contributed by atoms with Gasteiger partial charge in [0, 0.05) is 23.8 Å². The average molecular weight is 370 g/mol. The maximum Gasteiger partial charge on any atom is 0.392 e. The zero-order valence-corrected chi connectivity index (χ0v) is 13.9. The third-order valence-electron chi connectivity index (χ3n) is 5.00.